The Morgan fingerprint density at radius 2 is 0.462 bits per heavy atom. The standard InChI is InChI=1S/C21H38N.6BF4/c1-2-3-4-5-6-7-8-9-10-11-12-13-14-16-19-22-20-17-15-18-21-22;6*2-1(3,4)5/h15,17-18,20-21H,2-14,16,19H2,1H3;;;;;;/q+1;6*-1. The third-order valence-corrected chi connectivity index (χ3v) is 4.55. The van der Waals surface area contributed by atoms with Gasteiger partial charge in [0.2, 0.25) is 0 Å². The molecule has 0 bridgehead atoms. The molecule has 0 aliphatic heterocycles. The number of nitrogens with zero attached hydrogens (tertiary/aromatic N) is 1. The van der Waals surface area contributed by atoms with Crippen LogP contribution in [0.2, 0.25) is 0 Å². The van der Waals surface area contributed by atoms with Gasteiger partial charge in [-0.3, -0.25) is 0 Å². The van der Waals surface area contributed by atoms with Gasteiger partial charge in [-0.1, -0.05) is 90.0 Å². The van der Waals surface area contributed by atoms with Crippen LogP contribution in [0.4, 0.5) is 104 Å². The SMILES string of the molecule is CCCCCCCCCCCCCCCC[n+]1ccccc1.F[B-](F)(F)F.F[B-](F)(F)F.F[B-](F)(F)F.F[B-](F)(F)F.F[B-](F)(F)F.F[B-](F)(F)F. The first-order chi connectivity index (χ1) is 22.9. The molecule has 0 N–H and O–H groups in total. The van der Waals surface area contributed by atoms with Crippen LogP contribution in [-0.2, 0) is 6.54 Å². The van der Waals surface area contributed by atoms with E-state index in [0.29, 0.717) is 0 Å². The van der Waals surface area contributed by atoms with Crippen LogP contribution in [0.15, 0.2) is 30.6 Å². The van der Waals surface area contributed by atoms with Crippen molar-refractivity contribution >= 4 is 43.5 Å². The fraction of sp³-hybridized carbons (Fsp3) is 0.762. The summed E-state index contributed by atoms with van der Waals surface area (Å²) in [4.78, 5) is 0. The van der Waals surface area contributed by atoms with Crippen LogP contribution < -0.4 is 4.57 Å². The minimum atomic E-state index is -6.00. The van der Waals surface area contributed by atoms with Crippen molar-refractivity contribution < 1.29 is 108 Å². The Morgan fingerprint density at radius 1 is 0.288 bits per heavy atom. The third-order valence-electron chi connectivity index (χ3n) is 4.55. The van der Waals surface area contributed by atoms with Crippen molar-refractivity contribution in [2.75, 3.05) is 0 Å². The second-order valence-corrected chi connectivity index (χ2v) is 9.68. The van der Waals surface area contributed by atoms with Gasteiger partial charge < -0.3 is 104 Å². The van der Waals surface area contributed by atoms with Crippen molar-refractivity contribution in [3.63, 3.8) is 0 Å². The van der Waals surface area contributed by atoms with Crippen LogP contribution in [0.25, 0.3) is 0 Å². The van der Waals surface area contributed by atoms with Crippen LogP contribution in [0.1, 0.15) is 96.8 Å². The van der Waals surface area contributed by atoms with E-state index in [1.54, 1.807) is 0 Å². The van der Waals surface area contributed by atoms with Gasteiger partial charge in [-0.15, -0.1) is 0 Å². The molecular formula is C21H38B6F24N-5. The number of aromatic nitrogens is 1. The van der Waals surface area contributed by atoms with Crippen LogP contribution in [0.5, 0.6) is 0 Å². The molecule has 1 heterocycles. The summed E-state index contributed by atoms with van der Waals surface area (Å²) in [5.74, 6) is 0. The number of hydrogen-bond acceptors (Lipinski definition) is 0. The lowest BCUT2D eigenvalue weighted by molar-refractivity contribution is -0.697. The van der Waals surface area contributed by atoms with Gasteiger partial charge >= 0.3 is 43.5 Å². The molecular weight excluding hydrogens is 787 g/mol. The molecule has 0 saturated carbocycles. The molecule has 0 saturated heterocycles. The topological polar surface area (TPSA) is 3.88 Å². The summed E-state index contributed by atoms with van der Waals surface area (Å²) in [7, 11) is -36.0. The first-order valence-corrected chi connectivity index (χ1v) is 15.1. The molecule has 0 aromatic carbocycles. The number of halogens is 24. The molecule has 0 unspecified atom stereocenters. The van der Waals surface area contributed by atoms with Gasteiger partial charge in [0, 0.05) is 18.6 Å². The van der Waals surface area contributed by atoms with E-state index in [2.05, 4.69) is 42.1 Å². The summed E-state index contributed by atoms with van der Waals surface area (Å²) in [6.07, 6.45) is 24.4. The second kappa shape index (κ2) is 34.6. The van der Waals surface area contributed by atoms with Crippen LogP contribution in [0.3, 0.4) is 0 Å². The molecule has 1 aromatic heterocycles. The molecule has 0 fully saturated rings. The minimum absolute atomic E-state index is 1.18. The zero-order chi connectivity index (χ0) is 42.7. The van der Waals surface area contributed by atoms with Gasteiger partial charge in [-0.25, -0.2) is 4.57 Å². The monoisotopic (exact) mass is 826 g/mol. The van der Waals surface area contributed by atoms with E-state index in [4.69, 9.17) is 0 Å². The molecule has 0 aliphatic rings. The van der Waals surface area contributed by atoms with Crippen molar-refractivity contribution in [1.29, 1.82) is 0 Å². The number of aryl methyl sites for hydroxylation is 1. The van der Waals surface area contributed by atoms with Gasteiger partial charge in [0.15, 0.2) is 12.4 Å². The van der Waals surface area contributed by atoms with Crippen molar-refractivity contribution in [2.45, 2.75) is 103 Å². The highest BCUT2D eigenvalue weighted by atomic mass is 19.5. The predicted octanol–water partition coefficient (Wildman–Crippen LogP) is 14.3. The lowest BCUT2D eigenvalue weighted by atomic mass is 10.0. The Balaban J connectivity index is -0.000000143. The maximum atomic E-state index is 9.75. The van der Waals surface area contributed by atoms with Crippen LogP contribution >= 0.6 is 0 Å². The summed E-state index contributed by atoms with van der Waals surface area (Å²) in [6.45, 7) is 3.47. The Bertz CT molecular complexity index is 718. The zero-order valence-corrected chi connectivity index (χ0v) is 27.5. The number of rotatable bonds is 15. The van der Waals surface area contributed by atoms with E-state index < -0.39 is 43.5 Å². The quantitative estimate of drug-likeness (QED) is 0.0718. The van der Waals surface area contributed by atoms with Crippen molar-refractivity contribution in [2.24, 2.45) is 0 Å². The summed E-state index contributed by atoms with van der Waals surface area (Å²) < 4.78 is 236. The van der Waals surface area contributed by atoms with E-state index in [1.165, 1.54) is 96.4 Å². The summed E-state index contributed by atoms with van der Waals surface area (Å²) in [5, 5.41) is 0. The Morgan fingerprint density at radius 3 is 0.654 bits per heavy atom. The maximum Gasteiger partial charge on any atom is 0.673 e. The van der Waals surface area contributed by atoms with E-state index in [9.17, 15) is 104 Å². The zero-order valence-electron chi connectivity index (χ0n) is 27.5. The van der Waals surface area contributed by atoms with Gasteiger partial charge in [-0.05, 0) is 6.42 Å². The first-order valence-electron chi connectivity index (χ1n) is 15.1. The number of unbranched alkanes of at least 4 members (excludes halogenated alkanes) is 13. The molecule has 52 heavy (non-hydrogen) atoms. The molecule has 1 rings (SSSR count). The Labute approximate surface area is 286 Å². The molecule has 1 nitrogen and oxygen atoms in total. The average Bonchev–Trinajstić information content (AvgIpc) is 2.84. The fourth-order valence-corrected chi connectivity index (χ4v) is 3.07. The number of hydrogen-bond donors (Lipinski definition) is 0. The molecule has 0 radical (unpaired) electrons. The highest BCUT2D eigenvalue weighted by molar-refractivity contribution is 6.51. The van der Waals surface area contributed by atoms with Gasteiger partial charge in [0.25, 0.3) is 0 Å². The van der Waals surface area contributed by atoms with Gasteiger partial charge in [0.05, 0.1) is 0 Å². The van der Waals surface area contributed by atoms with Crippen LogP contribution in [-0.4, -0.2) is 43.5 Å². The maximum absolute atomic E-state index is 9.75. The van der Waals surface area contributed by atoms with E-state index in [-0.39, 0.29) is 0 Å². The fourth-order valence-electron chi connectivity index (χ4n) is 3.07. The summed E-state index contributed by atoms with van der Waals surface area (Å²) in [6, 6.07) is 6.31. The molecule has 31 heteroatoms. The molecule has 318 valence electrons. The molecule has 1 aromatic rings. The van der Waals surface area contributed by atoms with E-state index in [0.717, 1.165) is 0 Å². The van der Waals surface area contributed by atoms with Crippen LogP contribution in [0, 0.1) is 0 Å². The normalized spacial score (nSPS) is 11.6. The highest BCUT2D eigenvalue weighted by Gasteiger charge is 2.22. The highest BCUT2D eigenvalue weighted by Crippen LogP contribution is 2.13. The van der Waals surface area contributed by atoms with Crippen molar-refractivity contribution in [1.82, 2.24) is 0 Å². The Hall–Kier alpha value is -2.14. The summed E-state index contributed by atoms with van der Waals surface area (Å²) >= 11 is 0. The van der Waals surface area contributed by atoms with E-state index >= 15 is 0 Å². The molecule has 0 amide bonds. The van der Waals surface area contributed by atoms with Crippen molar-refractivity contribution in [3.05, 3.63) is 30.6 Å². The largest absolute Gasteiger partial charge is 0.673 e. The third kappa shape index (κ3) is 220. The molecule has 0 aliphatic carbocycles. The van der Waals surface area contributed by atoms with Crippen molar-refractivity contribution in [3.8, 4) is 0 Å². The van der Waals surface area contributed by atoms with E-state index in [1.807, 2.05) is 0 Å². The lowest BCUT2D eigenvalue weighted by Crippen LogP contribution is -2.32. The predicted molar refractivity (Wildman–Crippen MR) is 158 cm³/mol. The number of pyridine rings is 1. The smallest absolute Gasteiger partial charge is 0.418 e. The first kappa shape index (κ1) is 61.9. The lowest BCUT2D eigenvalue weighted by Gasteiger charge is -2.02. The Kier molecular flexibility index (Phi) is 41.2. The van der Waals surface area contributed by atoms with Gasteiger partial charge in [0.1, 0.15) is 6.54 Å². The van der Waals surface area contributed by atoms with Gasteiger partial charge in [-0.2, -0.15) is 0 Å². The second-order valence-electron chi connectivity index (χ2n) is 9.68. The summed E-state index contributed by atoms with van der Waals surface area (Å²) in [5.41, 5.74) is 0. The molecule has 0 atom stereocenters. The average molecular weight is 825 g/mol. The minimum Gasteiger partial charge on any atom is -0.418 e. The molecule has 0 spiro atoms.